The number of benzene rings is 1. The fourth-order valence-electron chi connectivity index (χ4n) is 4.38. The Labute approximate surface area is 176 Å². The number of aromatic nitrogens is 1. The van der Waals surface area contributed by atoms with E-state index in [2.05, 4.69) is 22.9 Å². The summed E-state index contributed by atoms with van der Waals surface area (Å²) in [5, 5.41) is 9.50. The van der Waals surface area contributed by atoms with Gasteiger partial charge >= 0.3 is 0 Å². The summed E-state index contributed by atoms with van der Waals surface area (Å²) in [5.41, 5.74) is 3.65. The summed E-state index contributed by atoms with van der Waals surface area (Å²) in [5.74, 6) is 1.01. The van der Waals surface area contributed by atoms with Crippen LogP contribution < -0.4 is 9.80 Å². The molecule has 2 fully saturated rings. The zero-order valence-corrected chi connectivity index (χ0v) is 17.5. The standard InChI is InChI=1S/C23H28N4O3/c1-16-13-17(2)22(24-14-16)25-9-11-26(12-10-25)23(30)18-3-5-19(6-4-18)27-20(15-28)7-8-21(27)29/h3-6,13-14,20,28H,7-12,15H2,1-2H3/t20-/m1/s1. The fraction of sp³-hybridized carbons (Fsp3) is 0.435. The first-order valence-corrected chi connectivity index (χ1v) is 10.5. The Bertz CT molecular complexity index is 936. The molecule has 3 heterocycles. The van der Waals surface area contributed by atoms with Gasteiger partial charge in [0.2, 0.25) is 5.91 Å². The second-order valence-corrected chi connectivity index (χ2v) is 8.12. The Hall–Kier alpha value is -2.93. The molecule has 1 atom stereocenters. The van der Waals surface area contributed by atoms with Crippen LogP contribution in [0.5, 0.6) is 0 Å². The minimum Gasteiger partial charge on any atom is -0.394 e. The van der Waals surface area contributed by atoms with E-state index in [1.165, 1.54) is 0 Å². The quantitative estimate of drug-likeness (QED) is 0.839. The average molecular weight is 409 g/mol. The Morgan fingerprint density at radius 1 is 1.13 bits per heavy atom. The maximum absolute atomic E-state index is 12.9. The van der Waals surface area contributed by atoms with Gasteiger partial charge in [-0.1, -0.05) is 6.07 Å². The van der Waals surface area contributed by atoms with E-state index >= 15 is 0 Å². The molecule has 2 amide bonds. The van der Waals surface area contributed by atoms with Gasteiger partial charge in [0.05, 0.1) is 12.6 Å². The average Bonchev–Trinajstić information content (AvgIpc) is 3.14. The van der Waals surface area contributed by atoms with Crippen LogP contribution in [0.25, 0.3) is 0 Å². The normalized spacial score (nSPS) is 19.5. The smallest absolute Gasteiger partial charge is 0.253 e. The van der Waals surface area contributed by atoms with Gasteiger partial charge in [0.15, 0.2) is 0 Å². The van der Waals surface area contributed by atoms with E-state index in [0.717, 1.165) is 35.7 Å². The second kappa shape index (κ2) is 8.44. The van der Waals surface area contributed by atoms with Crippen LogP contribution in [0.1, 0.15) is 34.3 Å². The van der Waals surface area contributed by atoms with E-state index in [4.69, 9.17) is 0 Å². The lowest BCUT2D eigenvalue weighted by molar-refractivity contribution is -0.117. The predicted molar refractivity (Wildman–Crippen MR) is 116 cm³/mol. The van der Waals surface area contributed by atoms with Gasteiger partial charge in [-0.05, 0) is 55.7 Å². The van der Waals surface area contributed by atoms with Gasteiger partial charge < -0.3 is 19.8 Å². The first kappa shape index (κ1) is 20.3. The molecule has 7 nitrogen and oxygen atoms in total. The summed E-state index contributed by atoms with van der Waals surface area (Å²) in [6, 6.07) is 9.11. The first-order valence-electron chi connectivity index (χ1n) is 10.5. The molecule has 2 aliphatic heterocycles. The van der Waals surface area contributed by atoms with Crippen molar-refractivity contribution in [1.29, 1.82) is 0 Å². The molecule has 2 aliphatic rings. The number of aliphatic hydroxyl groups excluding tert-OH is 1. The number of piperazine rings is 1. The van der Waals surface area contributed by atoms with Crippen LogP contribution in [0.4, 0.5) is 11.5 Å². The summed E-state index contributed by atoms with van der Waals surface area (Å²) >= 11 is 0. The molecule has 0 aliphatic carbocycles. The third kappa shape index (κ3) is 3.89. The molecule has 7 heteroatoms. The van der Waals surface area contributed by atoms with Crippen molar-refractivity contribution >= 4 is 23.3 Å². The lowest BCUT2D eigenvalue weighted by Crippen LogP contribution is -2.49. The van der Waals surface area contributed by atoms with Crippen molar-refractivity contribution in [3.05, 3.63) is 53.2 Å². The van der Waals surface area contributed by atoms with E-state index in [0.29, 0.717) is 31.5 Å². The van der Waals surface area contributed by atoms with Gasteiger partial charge in [0, 0.05) is 50.0 Å². The van der Waals surface area contributed by atoms with Crippen LogP contribution in [0, 0.1) is 13.8 Å². The van der Waals surface area contributed by atoms with Crippen LogP contribution in [0.15, 0.2) is 36.5 Å². The number of hydrogen-bond donors (Lipinski definition) is 1. The van der Waals surface area contributed by atoms with Crippen LogP contribution in [-0.2, 0) is 4.79 Å². The SMILES string of the molecule is Cc1cnc(N2CCN(C(=O)c3ccc(N4C(=O)CC[C@@H]4CO)cc3)CC2)c(C)c1. The zero-order chi connectivity index (χ0) is 21.3. The topological polar surface area (TPSA) is 77.0 Å². The number of carbonyl (C=O) groups excluding carboxylic acids is 2. The third-order valence-electron chi connectivity index (χ3n) is 5.98. The van der Waals surface area contributed by atoms with Gasteiger partial charge in [0.25, 0.3) is 5.91 Å². The highest BCUT2D eigenvalue weighted by molar-refractivity contribution is 5.98. The fourth-order valence-corrected chi connectivity index (χ4v) is 4.38. The van der Waals surface area contributed by atoms with Crippen molar-refractivity contribution in [2.45, 2.75) is 32.7 Å². The van der Waals surface area contributed by atoms with Crippen molar-refractivity contribution in [3.63, 3.8) is 0 Å². The molecule has 158 valence electrons. The Morgan fingerprint density at radius 3 is 2.47 bits per heavy atom. The van der Waals surface area contributed by atoms with Crippen LogP contribution in [-0.4, -0.2) is 65.6 Å². The molecule has 0 spiro atoms. The molecule has 0 unspecified atom stereocenters. The largest absolute Gasteiger partial charge is 0.394 e. The van der Waals surface area contributed by atoms with Crippen molar-refractivity contribution in [3.8, 4) is 0 Å². The number of pyridine rings is 1. The van der Waals surface area contributed by atoms with Gasteiger partial charge in [0.1, 0.15) is 5.82 Å². The van der Waals surface area contributed by atoms with E-state index in [1.807, 2.05) is 18.0 Å². The number of aliphatic hydroxyl groups is 1. The van der Waals surface area contributed by atoms with Gasteiger partial charge in [-0.15, -0.1) is 0 Å². The lowest BCUT2D eigenvalue weighted by atomic mass is 10.1. The van der Waals surface area contributed by atoms with Gasteiger partial charge in [-0.2, -0.15) is 0 Å². The number of carbonyl (C=O) groups is 2. The number of rotatable bonds is 4. The van der Waals surface area contributed by atoms with Crippen molar-refractivity contribution in [2.24, 2.45) is 0 Å². The Morgan fingerprint density at radius 2 is 1.83 bits per heavy atom. The molecule has 1 aromatic heterocycles. The Balaban J connectivity index is 1.40. The number of aryl methyl sites for hydroxylation is 2. The summed E-state index contributed by atoms with van der Waals surface area (Å²) in [6.07, 6.45) is 3.00. The lowest BCUT2D eigenvalue weighted by Gasteiger charge is -2.36. The monoisotopic (exact) mass is 408 g/mol. The molecule has 1 N–H and O–H groups in total. The highest BCUT2D eigenvalue weighted by Crippen LogP contribution is 2.27. The summed E-state index contributed by atoms with van der Waals surface area (Å²) in [4.78, 5) is 35.4. The van der Waals surface area contributed by atoms with Crippen LogP contribution in [0.3, 0.4) is 0 Å². The molecular weight excluding hydrogens is 380 g/mol. The molecule has 4 rings (SSSR count). The number of anilines is 2. The van der Waals surface area contributed by atoms with Crippen LogP contribution in [0.2, 0.25) is 0 Å². The maximum Gasteiger partial charge on any atom is 0.253 e. The van der Waals surface area contributed by atoms with E-state index in [-0.39, 0.29) is 24.5 Å². The first-order chi connectivity index (χ1) is 14.5. The van der Waals surface area contributed by atoms with Crippen molar-refractivity contribution in [1.82, 2.24) is 9.88 Å². The molecule has 30 heavy (non-hydrogen) atoms. The minimum absolute atomic E-state index is 0.00115. The van der Waals surface area contributed by atoms with E-state index < -0.39 is 0 Å². The van der Waals surface area contributed by atoms with Crippen molar-refractivity contribution < 1.29 is 14.7 Å². The predicted octanol–water partition coefficient (Wildman–Crippen LogP) is 2.15. The Kier molecular flexibility index (Phi) is 5.72. The zero-order valence-electron chi connectivity index (χ0n) is 17.5. The molecule has 2 saturated heterocycles. The molecule has 0 radical (unpaired) electrons. The second-order valence-electron chi connectivity index (χ2n) is 8.12. The highest BCUT2D eigenvalue weighted by Gasteiger charge is 2.31. The van der Waals surface area contributed by atoms with Gasteiger partial charge in [-0.25, -0.2) is 4.98 Å². The molecular formula is C23H28N4O3. The summed E-state index contributed by atoms with van der Waals surface area (Å²) in [7, 11) is 0. The number of amides is 2. The summed E-state index contributed by atoms with van der Waals surface area (Å²) < 4.78 is 0. The van der Waals surface area contributed by atoms with E-state index in [1.54, 1.807) is 29.2 Å². The van der Waals surface area contributed by atoms with E-state index in [9.17, 15) is 14.7 Å². The van der Waals surface area contributed by atoms with Crippen molar-refractivity contribution in [2.75, 3.05) is 42.6 Å². The summed E-state index contributed by atoms with van der Waals surface area (Å²) in [6.45, 7) is 6.85. The maximum atomic E-state index is 12.9. The highest BCUT2D eigenvalue weighted by atomic mass is 16.3. The minimum atomic E-state index is -0.175. The van der Waals surface area contributed by atoms with Crippen LogP contribution >= 0.6 is 0 Å². The number of nitrogens with zero attached hydrogens (tertiary/aromatic N) is 4. The third-order valence-corrected chi connectivity index (χ3v) is 5.98. The molecule has 0 bridgehead atoms. The molecule has 1 aromatic carbocycles. The van der Waals surface area contributed by atoms with Gasteiger partial charge in [-0.3, -0.25) is 9.59 Å². The molecule has 2 aromatic rings. The number of hydrogen-bond acceptors (Lipinski definition) is 5. The molecule has 0 saturated carbocycles.